The normalized spacial score (nSPS) is 14.1. The van der Waals surface area contributed by atoms with E-state index in [-0.39, 0.29) is 18.6 Å². The SMILES string of the molecule is CCOCC(NC(=O)C(N)C(=O)OCC)C(C)C. The third-order valence-electron chi connectivity index (χ3n) is 2.46. The van der Waals surface area contributed by atoms with E-state index in [1.807, 2.05) is 20.8 Å². The summed E-state index contributed by atoms with van der Waals surface area (Å²) in [5.41, 5.74) is 5.50. The van der Waals surface area contributed by atoms with E-state index in [2.05, 4.69) is 5.32 Å². The van der Waals surface area contributed by atoms with Crippen LogP contribution < -0.4 is 11.1 Å². The van der Waals surface area contributed by atoms with Crippen LogP contribution in [0.1, 0.15) is 27.7 Å². The number of ether oxygens (including phenoxy) is 2. The predicted octanol–water partition coefficient (Wildman–Crippen LogP) is 0.0541. The number of nitrogens with one attached hydrogen (secondary N) is 1. The van der Waals surface area contributed by atoms with Gasteiger partial charge in [0.15, 0.2) is 6.04 Å². The van der Waals surface area contributed by atoms with Crippen LogP contribution in [0.15, 0.2) is 0 Å². The van der Waals surface area contributed by atoms with E-state index in [1.165, 1.54) is 0 Å². The molecule has 0 aliphatic heterocycles. The lowest BCUT2D eigenvalue weighted by molar-refractivity contribution is -0.148. The molecule has 18 heavy (non-hydrogen) atoms. The summed E-state index contributed by atoms with van der Waals surface area (Å²) in [7, 11) is 0. The number of hydrogen-bond donors (Lipinski definition) is 2. The average molecular weight is 260 g/mol. The molecule has 1 amide bonds. The van der Waals surface area contributed by atoms with Crippen LogP contribution in [-0.4, -0.2) is 43.8 Å². The Hall–Kier alpha value is -1.14. The molecule has 3 N–H and O–H groups in total. The Morgan fingerprint density at radius 3 is 2.28 bits per heavy atom. The summed E-state index contributed by atoms with van der Waals surface area (Å²) in [6, 6.07) is -1.45. The van der Waals surface area contributed by atoms with E-state index in [4.69, 9.17) is 15.2 Å². The molecule has 106 valence electrons. The van der Waals surface area contributed by atoms with Gasteiger partial charge >= 0.3 is 5.97 Å². The lowest BCUT2D eigenvalue weighted by atomic mass is 10.0. The van der Waals surface area contributed by atoms with E-state index in [9.17, 15) is 9.59 Å². The van der Waals surface area contributed by atoms with Gasteiger partial charge in [-0.1, -0.05) is 13.8 Å². The van der Waals surface area contributed by atoms with Crippen molar-refractivity contribution in [3.05, 3.63) is 0 Å². The number of hydrogen-bond acceptors (Lipinski definition) is 5. The van der Waals surface area contributed by atoms with Crippen molar-refractivity contribution in [2.24, 2.45) is 11.7 Å². The maximum Gasteiger partial charge on any atom is 0.332 e. The van der Waals surface area contributed by atoms with E-state index in [0.29, 0.717) is 13.2 Å². The summed E-state index contributed by atoms with van der Waals surface area (Å²) in [6.45, 7) is 8.63. The fraction of sp³-hybridized carbons (Fsp3) is 0.833. The van der Waals surface area contributed by atoms with Crippen LogP contribution in [0.5, 0.6) is 0 Å². The Kier molecular flexibility index (Phi) is 8.32. The number of carbonyl (C=O) groups excluding carboxylic acids is 2. The van der Waals surface area contributed by atoms with E-state index in [1.54, 1.807) is 6.92 Å². The van der Waals surface area contributed by atoms with Crippen LogP contribution in [0, 0.1) is 5.92 Å². The van der Waals surface area contributed by atoms with Crippen molar-refractivity contribution in [1.29, 1.82) is 0 Å². The van der Waals surface area contributed by atoms with E-state index < -0.39 is 17.9 Å². The minimum Gasteiger partial charge on any atom is -0.464 e. The largest absolute Gasteiger partial charge is 0.464 e. The molecule has 0 saturated carbocycles. The van der Waals surface area contributed by atoms with Crippen LogP contribution >= 0.6 is 0 Å². The molecule has 0 rings (SSSR count). The number of carbonyl (C=O) groups is 2. The van der Waals surface area contributed by atoms with Gasteiger partial charge < -0.3 is 20.5 Å². The molecule has 0 aromatic rings. The van der Waals surface area contributed by atoms with Crippen molar-refractivity contribution in [1.82, 2.24) is 5.32 Å². The van der Waals surface area contributed by atoms with Gasteiger partial charge in [0.25, 0.3) is 0 Å². The molecule has 6 nitrogen and oxygen atoms in total. The third-order valence-corrected chi connectivity index (χ3v) is 2.46. The highest BCUT2D eigenvalue weighted by Gasteiger charge is 2.26. The summed E-state index contributed by atoms with van der Waals surface area (Å²) in [4.78, 5) is 23.1. The molecule has 0 aromatic heterocycles. The molecule has 0 fully saturated rings. The molecule has 0 radical (unpaired) electrons. The first-order valence-electron chi connectivity index (χ1n) is 6.24. The molecule has 0 aliphatic carbocycles. The van der Waals surface area contributed by atoms with Crippen LogP contribution in [0.4, 0.5) is 0 Å². The topological polar surface area (TPSA) is 90.6 Å². The summed E-state index contributed by atoms with van der Waals surface area (Å²) in [5.74, 6) is -1.06. The van der Waals surface area contributed by atoms with E-state index in [0.717, 1.165) is 0 Å². The Morgan fingerprint density at radius 2 is 1.83 bits per heavy atom. The van der Waals surface area contributed by atoms with Gasteiger partial charge in [0.05, 0.1) is 19.3 Å². The number of nitrogens with two attached hydrogens (primary N) is 1. The maximum atomic E-state index is 11.7. The zero-order chi connectivity index (χ0) is 14.1. The first-order valence-corrected chi connectivity index (χ1v) is 6.24. The van der Waals surface area contributed by atoms with Crippen molar-refractivity contribution in [3.63, 3.8) is 0 Å². The minimum atomic E-state index is -1.28. The molecule has 6 heteroatoms. The molecule has 0 spiro atoms. The zero-order valence-corrected chi connectivity index (χ0v) is 11.6. The van der Waals surface area contributed by atoms with Gasteiger partial charge in [-0.3, -0.25) is 4.79 Å². The standard InChI is InChI=1S/C12H24N2O4/c1-5-17-7-9(8(3)4)14-11(15)10(13)12(16)18-6-2/h8-10H,5-7,13H2,1-4H3,(H,14,15). The summed E-state index contributed by atoms with van der Waals surface area (Å²) < 4.78 is 9.97. The highest BCUT2D eigenvalue weighted by atomic mass is 16.5. The Labute approximate surface area is 108 Å². The van der Waals surface area contributed by atoms with Gasteiger partial charge in [0.2, 0.25) is 5.91 Å². The van der Waals surface area contributed by atoms with Crippen molar-refractivity contribution >= 4 is 11.9 Å². The smallest absolute Gasteiger partial charge is 0.332 e. The number of rotatable bonds is 8. The Bertz CT molecular complexity index is 269. The molecule has 0 aromatic carbocycles. The fourth-order valence-electron chi connectivity index (χ4n) is 1.26. The van der Waals surface area contributed by atoms with Gasteiger partial charge in [-0.15, -0.1) is 0 Å². The molecule has 2 atom stereocenters. The predicted molar refractivity (Wildman–Crippen MR) is 67.9 cm³/mol. The van der Waals surface area contributed by atoms with E-state index >= 15 is 0 Å². The van der Waals surface area contributed by atoms with Gasteiger partial charge in [-0.05, 0) is 19.8 Å². The summed E-state index contributed by atoms with van der Waals surface area (Å²) in [5, 5.41) is 2.70. The van der Waals surface area contributed by atoms with Crippen molar-refractivity contribution in [2.75, 3.05) is 19.8 Å². The number of amides is 1. The average Bonchev–Trinajstić information content (AvgIpc) is 2.33. The lowest BCUT2D eigenvalue weighted by Crippen LogP contribution is -2.52. The Morgan fingerprint density at radius 1 is 1.22 bits per heavy atom. The van der Waals surface area contributed by atoms with Crippen LogP contribution in [-0.2, 0) is 19.1 Å². The van der Waals surface area contributed by atoms with Crippen molar-refractivity contribution in [3.8, 4) is 0 Å². The molecular formula is C12H24N2O4. The van der Waals surface area contributed by atoms with Gasteiger partial charge in [0, 0.05) is 6.61 Å². The third kappa shape index (κ3) is 5.97. The molecular weight excluding hydrogens is 236 g/mol. The lowest BCUT2D eigenvalue weighted by Gasteiger charge is -2.23. The van der Waals surface area contributed by atoms with Crippen LogP contribution in [0.25, 0.3) is 0 Å². The summed E-state index contributed by atoms with van der Waals surface area (Å²) >= 11 is 0. The zero-order valence-electron chi connectivity index (χ0n) is 11.6. The van der Waals surface area contributed by atoms with Crippen LogP contribution in [0.2, 0.25) is 0 Å². The summed E-state index contributed by atoms with van der Waals surface area (Å²) in [6.07, 6.45) is 0. The Balaban J connectivity index is 4.35. The van der Waals surface area contributed by atoms with Gasteiger partial charge in [0.1, 0.15) is 0 Å². The second-order valence-corrected chi connectivity index (χ2v) is 4.25. The van der Waals surface area contributed by atoms with Gasteiger partial charge in [-0.2, -0.15) is 0 Å². The quantitative estimate of drug-likeness (QED) is 0.475. The van der Waals surface area contributed by atoms with Crippen molar-refractivity contribution in [2.45, 2.75) is 39.8 Å². The monoisotopic (exact) mass is 260 g/mol. The minimum absolute atomic E-state index is 0.169. The van der Waals surface area contributed by atoms with Gasteiger partial charge in [-0.25, -0.2) is 4.79 Å². The molecule has 0 saturated heterocycles. The fourth-order valence-corrected chi connectivity index (χ4v) is 1.26. The molecule has 0 aliphatic rings. The first-order chi connectivity index (χ1) is 8.43. The maximum absolute atomic E-state index is 11.7. The highest BCUT2D eigenvalue weighted by Crippen LogP contribution is 2.03. The second-order valence-electron chi connectivity index (χ2n) is 4.25. The highest BCUT2D eigenvalue weighted by molar-refractivity contribution is 6.01. The molecule has 0 heterocycles. The second kappa shape index (κ2) is 8.88. The molecule has 2 unspecified atom stereocenters. The first kappa shape index (κ1) is 16.9. The van der Waals surface area contributed by atoms with Crippen LogP contribution in [0.3, 0.4) is 0 Å². The number of esters is 1. The van der Waals surface area contributed by atoms with Crippen molar-refractivity contribution < 1.29 is 19.1 Å². The molecule has 0 bridgehead atoms.